The van der Waals surface area contributed by atoms with E-state index in [0.717, 1.165) is 0 Å². The summed E-state index contributed by atoms with van der Waals surface area (Å²) in [5.74, 6) is 0. The molecule has 0 spiro atoms. The second-order valence-corrected chi connectivity index (χ2v) is 129. The highest BCUT2D eigenvalue weighted by molar-refractivity contribution is 7.81. The van der Waals surface area contributed by atoms with Gasteiger partial charge >= 0.3 is 158 Å². The SMILES string of the molecule is CC[Si](=O)C[Si](C)(C)[Si](=O)[Si](=O)[Si](=O)[Si](=O)[Si](=O)[Si](=O)[Si](=O)[Si](=O)[Si](=O)[Si](=O)[Si](=O)[Si](=O)[Si](=O)[Si](=O)[Si](=O)[SiH2]O[SiH](C)[Si](=O)[Si](=O)[Si](=O)[SiH2]O[Si](C)(C)C.O=[Si]=O.O=[Si]=O. The van der Waals surface area contributed by atoms with Gasteiger partial charge in [-0.15, -0.1) is 0 Å². The first-order chi connectivity index (χ1) is 27.3. The van der Waals surface area contributed by atoms with E-state index in [1.54, 1.807) is 6.92 Å². The number of hydrogen-bond donors (Lipinski definition) is 0. The average molecular weight is 1270 g/mol. The molecule has 0 rings (SSSR count). The molecular formula is C9H30O25Si26. The van der Waals surface area contributed by atoms with E-state index in [1.165, 1.54) is 19.6 Å². The molecule has 0 bridgehead atoms. The van der Waals surface area contributed by atoms with E-state index < -0.39 is 209 Å². The lowest BCUT2D eigenvalue weighted by Gasteiger charge is -2.15. The second kappa shape index (κ2) is 31.8. The molecule has 1 atom stereocenters. The summed E-state index contributed by atoms with van der Waals surface area (Å²) in [6.07, 6.45) is 0. The molecule has 60 heavy (non-hydrogen) atoms. The van der Waals surface area contributed by atoms with Crippen LogP contribution in [-0.4, -0.2) is 209 Å². The lowest BCUT2D eigenvalue weighted by Crippen LogP contribution is -2.57. The number of hydrogen-bond acceptors (Lipinski definition) is 25. The molecule has 0 fully saturated rings. The van der Waals surface area contributed by atoms with Crippen LogP contribution in [0.4, 0.5) is 0 Å². The standard InChI is InChI=1S/C9H30O21Si24.2O2Si/c1-8-34(10)9-54(6,7)52(28)51(27)50(26)49(25)48(24)47(23)46(22)45(21)44(20)43(19)42(18)41(17)40(16)39(15)35(11)31-29-33(2)37(13)38(14)36(12)32-30-53(3,4)5;2*1-3-2/h33H,8-9,31-32H2,1-7H3;;. The maximum Gasteiger partial charge on any atom is 0.549 e. The number of rotatable bonds is 27. The van der Waals surface area contributed by atoms with Crippen LogP contribution in [0.15, 0.2) is 0 Å². The highest BCUT2D eigenvalue weighted by Gasteiger charge is 2.55. The molecule has 0 aliphatic carbocycles. The van der Waals surface area contributed by atoms with Crippen LogP contribution in [0.25, 0.3) is 0 Å². The van der Waals surface area contributed by atoms with Gasteiger partial charge in [0.15, 0.2) is 8.32 Å². The molecule has 0 aromatic carbocycles. The van der Waals surface area contributed by atoms with Crippen molar-refractivity contribution >= 4 is 209 Å². The summed E-state index contributed by atoms with van der Waals surface area (Å²) in [7, 11) is -86.4. The average Bonchev–Trinajstić information content (AvgIpc) is 3.19. The van der Waals surface area contributed by atoms with Gasteiger partial charge in [-0.25, -0.2) is 0 Å². The molecule has 0 aromatic heterocycles. The predicted octanol–water partition coefficient (Wildman–Crippen LogP) is -9.17. The molecule has 0 heterocycles. The minimum atomic E-state index is -4.34. The molecule has 0 saturated heterocycles. The first-order valence-electron chi connectivity index (χ1n) is 15.8. The molecule has 0 amide bonds. The van der Waals surface area contributed by atoms with Gasteiger partial charge in [0.25, 0.3) is 8.68 Å². The fraction of sp³-hybridized carbons (Fsp3) is 1.00. The largest absolute Gasteiger partial charge is 0.549 e. The van der Waals surface area contributed by atoms with Gasteiger partial charge in [-0.2, -0.15) is 0 Å². The third kappa shape index (κ3) is 22.9. The molecule has 51 heteroatoms. The zero-order valence-electron chi connectivity index (χ0n) is 32.1. The van der Waals surface area contributed by atoms with E-state index in [9.17, 15) is 84.8 Å². The summed E-state index contributed by atoms with van der Waals surface area (Å²) in [5.41, 5.74) is -0.0124. The van der Waals surface area contributed by atoms with Crippen LogP contribution >= 0.6 is 0 Å². The summed E-state index contributed by atoms with van der Waals surface area (Å²) >= 11 is 0. The maximum atomic E-state index is 12.9. The first-order valence-corrected chi connectivity index (χ1v) is 77.5. The molecule has 0 saturated carbocycles. The zero-order valence-corrected chi connectivity index (χ0v) is 59.1. The van der Waals surface area contributed by atoms with E-state index in [4.69, 9.17) is 26.1 Å². The van der Waals surface area contributed by atoms with Crippen molar-refractivity contribution in [1.82, 2.24) is 0 Å². The Bertz CT molecular complexity index is 2080. The van der Waals surface area contributed by atoms with Crippen LogP contribution in [0.2, 0.25) is 51.0 Å². The van der Waals surface area contributed by atoms with Crippen molar-refractivity contribution in [3.05, 3.63) is 0 Å². The third-order valence-electron chi connectivity index (χ3n) is 6.53. The Balaban J connectivity index is -0.00000507. The van der Waals surface area contributed by atoms with E-state index in [-0.39, 0.29) is 11.7 Å². The smallest absolute Gasteiger partial charge is 0.457 e. The molecular weight excluding hydrogens is 1240 g/mol. The van der Waals surface area contributed by atoms with Crippen LogP contribution in [0.3, 0.4) is 0 Å². The Morgan fingerprint density at radius 3 is 1.05 bits per heavy atom. The summed E-state index contributed by atoms with van der Waals surface area (Å²) in [6, 6.07) is 0.258. The maximum absolute atomic E-state index is 12.9. The molecule has 0 N–H and O–H groups in total. The topological polar surface area (TPSA) is 411 Å². The molecule has 0 aliphatic rings. The van der Waals surface area contributed by atoms with Crippen LogP contribution in [0.5, 0.6) is 0 Å². The van der Waals surface area contributed by atoms with Gasteiger partial charge in [-0.1, -0.05) is 20.0 Å². The lowest BCUT2D eigenvalue weighted by atomic mass is 11.0. The molecule has 25 nitrogen and oxygen atoms in total. The van der Waals surface area contributed by atoms with E-state index in [1.807, 2.05) is 19.6 Å². The van der Waals surface area contributed by atoms with Gasteiger partial charge in [-0.05, 0) is 37.9 Å². The van der Waals surface area contributed by atoms with Crippen molar-refractivity contribution in [2.45, 2.75) is 57.9 Å². The first kappa shape index (κ1) is 65.2. The zero-order chi connectivity index (χ0) is 48.2. The quantitative estimate of drug-likeness (QED) is 0.0689. The summed E-state index contributed by atoms with van der Waals surface area (Å²) in [5, 5.41) is 0. The fourth-order valence-electron chi connectivity index (χ4n) is 3.38. The van der Waals surface area contributed by atoms with Crippen molar-refractivity contribution in [3.63, 3.8) is 0 Å². The second-order valence-electron chi connectivity index (χ2n) is 12.6. The molecule has 0 radical (unpaired) electrons. The highest BCUT2D eigenvalue weighted by Crippen LogP contribution is 2.11. The van der Waals surface area contributed by atoms with Gasteiger partial charge in [0.2, 0.25) is 27.1 Å². The normalized spacial score (nSPS) is 11.1. The van der Waals surface area contributed by atoms with Gasteiger partial charge in [0.05, 0.1) is 0 Å². The van der Waals surface area contributed by atoms with Gasteiger partial charge in [0.1, 0.15) is 7.59 Å². The van der Waals surface area contributed by atoms with Gasteiger partial charge in [-0.3, -0.25) is 17.8 Å². The Morgan fingerprint density at radius 2 is 0.750 bits per heavy atom. The highest BCUT2D eigenvalue weighted by atomic mass is 30.1. The van der Waals surface area contributed by atoms with Crippen molar-refractivity contribution in [2.75, 3.05) is 0 Å². The Morgan fingerprint density at radius 1 is 0.467 bits per heavy atom. The van der Waals surface area contributed by atoms with Crippen molar-refractivity contribution in [1.29, 1.82) is 0 Å². The summed E-state index contributed by atoms with van der Waals surface area (Å²) < 4.78 is 284. The van der Waals surface area contributed by atoms with Crippen LogP contribution in [0, 0.1) is 0 Å². The van der Waals surface area contributed by atoms with Gasteiger partial charge < -0.3 is 93.0 Å². The fourth-order valence-corrected chi connectivity index (χ4v) is 253. The minimum absolute atomic E-state index is 0.0124. The lowest BCUT2D eigenvalue weighted by molar-refractivity contribution is 0.496. The van der Waals surface area contributed by atoms with Crippen LogP contribution in [0.1, 0.15) is 6.92 Å². The minimum Gasteiger partial charge on any atom is -0.457 e. The monoisotopic (exact) mass is 1270 g/mol. The molecule has 320 valence electrons. The van der Waals surface area contributed by atoms with E-state index in [2.05, 4.69) is 0 Å². The van der Waals surface area contributed by atoms with E-state index in [0.29, 0.717) is 0 Å². The molecule has 0 aromatic rings. The summed E-state index contributed by atoms with van der Waals surface area (Å²) in [4.78, 5) is 0. The van der Waals surface area contributed by atoms with Crippen LogP contribution in [-0.2, 0) is 111 Å². The predicted molar refractivity (Wildman–Crippen MR) is 225 cm³/mol. The third-order valence-corrected chi connectivity index (χ3v) is 181. The van der Waals surface area contributed by atoms with Gasteiger partial charge in [0, 0.05) is 0 Å². The Labute approximate surface area is 374 Å². The summed E-state index contributed by atoms with van der Waals surface area (Å²) in [6.45, 7) is 11.3. The van der Waals surface area contributed by atoms with Crippen molar-refractivity contribution in [2.24, 2.45) is 0 Å². The van der Waals surface area contributed by atoms with E-state index >= 15 is 0 Å². The van der Waals surface area contributed by atoms with Crippen LogP contribution < -0.4 is 0 Å². The molecule has 1 unspecified atom stereocenters. The Hall–Kier alpha value is 0.959. The Kier molecular flexibility index (Phi) is 34.6. The van der Waals surface area contributed by atoms with Crippen molar-refractivity contribution < 1.29 is 111 Å². The molecule has 0 aliphatic heterocycles. The van der Waals surface area contributed by atoms with Crippen molar-refractivity contribution in [3.8, 4) is 0 Å².